The molecule has 0 atom stereocenters. The molecule has 7 heteroatoms. The highest BCUT2D eigenvalue weighted by molar-refractivity contribution is 5.72. The van der Waals surface area contributed by atoms with Crippen molar-refractivity contribution in [3.05, 3.63) is 47.9 Å². The average Bonchev–Trinajstić information content (AvgIpc) is 3.13. The number of hydrogen-bond donors (Lipinski definition) is 0. The predicted molar refractivity (Wildman–Crippen MR) is 129 cm³/mol. The topological polar surface area (TPSA) is 63.0 Å². The van der Waals surface area contributed by atoms with Crippen LogP contribution >= 0.6 is 0 Å². The van der Waals surface area contributed by atoms with E-state index >= 15 is 0 Å². The number of fused-ring (bicyclic) bond motifs is 1. The van der Waals surface area contributed by atoms with Crippen LogP contribution in [0.1, 0.15) is 46.0 Å². The van der Waals surface area contributed by atoms with E-state index in [1.807, 2.05) is 59.2 Å². The molecule has 1 aromatic carbocycles. The minimum atomic E-state index is -0.463. The van der Waals surface area contributed by atoms with Crippen molar-refractivity contribution in [2.45, 2.75) is 54.1 Å². The maximum atomic E-state index is 12.3. The summed E-state index contributed by atoms with van der Waals surface area (Å²) in [6.07, 6.45) is 1.61. The zero-order valence-electron chi connectivity index (χ0n) is 20.3. The van der Waals surface area contributed by atoms with Gasteiger partial charge in [0.25, 0.3) is 0 Å². The molecule has 0 N–H and O–H groups in total. The summed E-state index contributed by atoms with van der Waals surface area (Å²) in [6.45, 7) is 16.6. The van der Waals surface area contributed by atoms with Gasteiger partial charge in [-0.25, -0.2) is 14.3 Å². The summed E-state index contributed by atoms with van der Waals surface area (Å²) in [4.78, 5) is 20.8. The van der Waals surface area contributed by atoms with Crippen LogP contribution in [0.5, 0.6) is 0 Å². The van der Waals surface area contributed by atoms with E-state index < -0.39 is 5.60 Å². The van der Waals surface area contributed by atoms with E-state index in [1.165, 1.54) is 0 Å². The normalized spacial score (nSPS) is 14.2. The SMILES string of the molecule is CC.Cc1nn2c(C)cnc2cc1-c1ccc(N2CCN(C(=O)OC(C)(C)C)CC2)cc1. The number of imidazole rings is 1. The van der Waals surface area contributed by atoms with Crippen LogP contribution in [0.25, 0.3) is 16.8 Å². The Labute approximate surface area is 191 Å². The molecule has 1 amide bonds. The van der Waals surface area contributed by atoms with Gasteiger partial charge in [0.05, 0.1) is 17.6 Å². The lowest BCUT2D eigenvalue weighted by atomic mass is 10.0. The Morgan fingerprint density at radius 2 is 1.62 bits per heavy atom. The minimum Gasteiger partial charge on any atom is -0.444 e. The third kappa shape index (κ3) is 5.21. The second-order valence-corrected chi connectivity index (χ2v) is 8.81. The number of nitrogens with zero attached hydrogens (tertiary/aromatic N) is 5. The molecule has 0 unspecified atom stereocenters. The van der Waals surface area contributed by atoms with Crippen LogP contribution in [0.4, 0.5) is 10.5 Å². The highest BCUT2D eigenvalue weighted by Gasteiger charge is 2.26. The van der Waals surface area contributed by atoms with Gasteiger partial charge in [0.2, 0.25) is 0 Å². The van der Waals surface area contributed by atoms with Crippen LogP contribution < -0.4 is 4.90 Å². The fraction of sp³-hybridized carbons (Fsp3) is 0.480. The van der Waals surface area contributed by atoms with Gasteiger partial charge in [0.15, 0.2) is 5.65 Å². The molecule has 3 heterocycles. The highest BCUT2D eigenvalue weighted by Crippen LogP contribution is 2.27. The number of ether oxygens (including phenoxy) is 1. The Kier molecular flexibility index (Phi) is 7.06. The zero-order valence-corrected chi connectivity index (χ0v) is 20.3. The lowest BCUT2D eigenvalue weighted by Gasteiger charge is -2.36. The van der Waals surface area contributed by atoms with Gasteiger partial charge in [0, 0.05) is 37.4 Å². The van der Waals surface area contributed by atoms with Gasteiger partial charge in [0.1, 0.15) is 5.60 Å². The number of piperazine rings is 1. The second kappa shape index (κ2) is 9.59. The number of anilines is 1. The summed E-state index contributed by atoms with van der Waals surface area (Å²) < 4.78 is 7.35. The molecule has 172 valence electrons. The van der Waals surface area contributed by atoms with E-state index in [1.54, 1.807) is 4.90 Å². The maximum absolute atomic E-state index is 12.3. The number of carbonyl (C=O) groups is 1. The third-order valence-electron chi connectivity index (χ3n) is 5.32. The lowest BCUT2D eigenvalue weighted by molar-refractivity contribution is 0.0240. The molecule has 0 bridgehead atoms. The van der Waals surface area contributed by atoms with Crippen LogP contribution in [0.2, 0.25) is 0 Å². The molecule has 0 radical (unpaired) electrons. The monoisotopic (exact) mass is 437 g/mol. The molecule has 1 saturated heterocycles. The van der Waals surface area contributed by atoms with Crippen molar-refractivity contribution < 1.29 is 9.53 Å². The predicted octanol–water partition coefficient (Wildman–Crippen LogP) is 5.10. The lowest BCUT2D eigenvalue weighted by Crippen LogP contribution is -2.50. The summed E-state index contributed by atoms with van der Waals surface area (Å²) in [5.41, 5.74) is 5.77. The standard InChI is InChI=1S/C23H29N5O2.C2H6/c1-16-15-24-21-14-20(17(2)25-28(16)21)18-6-8-19(9-7-18)26-10-12-27(13-11-26)22(29)30-23(3,4)5;1-2/h6-9,14-15H,10-13H2,1-5H3;1-2H3. The van der Waals surface area contributed by atoms with Crippen molar-refractivity contribution in [1.29, 1.82) is 0 Å². The molecule has 7 nitrogen and oxygen atoms in total. The zero-order chi connectivity index (χ0) is 23.5. The summed E-state index contributed by atoms with van der Waals surface area (Å²) in [6, 6.07) is 10.6. The van der Waals surface area contributed by atoms with Crippen LogP contribution in [-0.2, 0) is 4.74 Å². The molecule has 32 heavy (non-hydrogen) atoms. The molecule has 2 aromatic heterocycles. The van der Waals surface area contributed by atoms with Gasteiger partial charge in [-0.15, -0.1) is 0 Å². The van der Waals surface area contributed by atoms with Crippen molar-refractivity contribution in [2.24, 2.45) is 0 Å². The molecule has 0 saturated carbocycles. The second-order valence-electron chi connectivity index (χ2n) is 8.81. The quantitative estimate of drug-likeness (QED) is 0.558. The van der Waals surface area contributed by atoms with Gasteiger partial charge < -0.3 is 14.5 Å². The number of benzene rings is 1. The van der Waals surface area contributed by atoms with E-state index in [9.17, 15) is 4.79 Å². The summed E-state index contributed by atoms with van der Waals surface area (Å²) in [7, 11) is 0. The summed E-state index contributed by atoms with van der Waals surface area (Å²) in [5, 5.41) is 4.67. The number of amides is 1. The molecule has 0 aliphatic carbocycles. The molecule has 3 aromatic rings. The fourth-order valence-electron chi connectivity index (χ4n) is 3.73. The Balaban J connectivity index is 0.00000141. The van der Waals surface area contributed by atoms with Crippen molar-refractivity contribution in [1.82, 2.24) is 19.5 Å². The number of hydrogen-bond acceptors (Lipinski definition) is 5. The summed E-state index contributed by atoms with van der Waals surface area (Å²) >= 11 is 0. The summed E-state index contributed by atoms with van der Waals surface area (Å²) in [5.74, 6) is 0. The molecular weight excluding hydrogens is 402 g/mol. The first-order chi connectivity index (χ1) is 15.2. The Morgan fingerprint density at radius 1 is 1.00 bits per heavy atom. The van der Waals surface area contributed by atoms with Crippen LogP contribution in [-0.4, -0.2) is 57.4 Å². The first-order valence-electron chi connectivity index (χ1n) is 11.4. The van der Waals surface area contributed by atoms with Crippen molar-refractivity contribution in [3.8, 4) is 11.1 Å². The molecule has 0 spiro atoms. The first-order valence-corrected chi connectivity index (χ1v) is 11.4. The van der Waals surface area contributed by atoms with Gasteiger partial charge in [-0.1, -0.05) is 26.0 Å². The Bertz CT molecular complexity index is 1060. The van der Waals surface area contributed by atoms with Crippen molar-refractivity contribution >= 4 is 17.4 Å². The van der Waals surface area contributed by atoms with E-state index in [-0.39, 0.29) is 6.09 Å². The first kappa shape index (κ1) is 23.6. The largest absolute Gasteiger partial charge is 0.444 e. The van der Waals surface area contributed by atoms with Gasteiger partial charge in [-0.2, -0.15) is 5.10 Å². The molecule has 1 fully saturated rings. The van der Waals surface area contributed by atoms with Crippen LogP contribution in [0.15, 0.2) is 36.5 Å². The average molecular weight is 438 g/mol. The third-order valence-corrected chi connectivity index (χ3v) is 5.32. The smallest absolute Gasteiger partial charge is 0.410 e. The maximum Gasteiger partial charge on any atom is 0.410 e. The van der Waals surface area contributed by atoms with E-state index in [2.05, 4.69) is 45.3 Å². The van der Waals surface area contributed by atoms with Crippen LogP contribution in [0.3, 0.4) is 0 Å². The number of rotatable bonds is 2. The Morgan fingerprint density at radius 3 is 2.22 bits per heavy atom. The fourth-order valence-corrected chi connectivity index (χ4v) is 3.73. The van der Waals surface area contributed by atoms with Gasteiger partial charge in [-0.3, -0.25) is 0 Å². The molecule has 1 aliphatic rings. The Hall–Kier alpha value is -3.09. The minimum absolute atomic E-state index is 0.231. The van der Waals surface area contributed by atoms with Gasteiger partial charge in [-0.05, 0) is 58.4 Å². The molecule has 1 aliphatic heterocycles. The van der Waals surface area contributed by atoms with E-state index in [4.69, 9.17) is 4.74 Å². The van der Waals surface area contributed by atoms with Gasteiger partial charge >= 0.3 is 6.09 Å². The number of carbonyl (C=O) groups excluding carboxylic acids is 1. The van der Waals surface area contributed by atoms with Crippen molar-refractivity contribution in [3.63, 3.8) is 0 Å². The van der Waals surface area contributed by atoms with E-state index in [0.717, 1.165) is 46.9 Å². The molecular formula is C25H35N5O2. The molecule has 4 rings (SSSR count). The van der Waals surface area contributed by atoms with Crippen molar-refractivity contribution in [2.75, 3.05) is 31.1 Å². The number of aryl methyl sites for hydroxylation is 2. The van der Waals surface area contributed by atoms with Crippen LogP contribution in [0, 0.1) is 13.8 Å². The highest BCUT2D eigenvalue weighted by atomic mass is 16.6. The number of aromatic nitrogens is 3. The van der Waals surface area contributed by atoms with E-state index in [0.29, 0.717) is 13.1 Å².